The molecule has 0 fully saturated rings. The van der Waals surface area contributed by atoms with E-state index in [1.54, 1.807) is 0 Å². The van der Waals surface area contributed by atoms with Crippen molar-refractivity contribution in [1.82, 2.24) is 9.55 Å². The van der Waals surface area contributed by atoms with E-state index < -0.39 is 0 Å². The Balaban J connectivity index is 2.09. The highest BCUT2D eigenvalue weighted by Gasteiger charge is 2.20. The van der Waals surface area contributed by atoms with Gasteiger partial charge in [-0.15, -0.1) is 0 Å². The van der Waals surface area contributed by atoms with Gasteiger partial charge < -0.3 is 9.67 Å². The lowest BCUT2D eigenvalue weighted by Crippen LogP contribution is -2.23. The van der Waals surface area contributed by atoms with E-state index in [9.17, 15) is 5.11 Å². The van der Waals surface area contributed by atoms with Crippen molar-refractivity contribution in [3.63, 3.8) is 0 Å². The molecule has 0 radical (unpaired) electrons. The maximum atomic E-state index is 9.64. The number of aliphatic hydroxyl groups is 1. The largest absolute Gasteiger partial charge is 0.393 e. The molecule has 1 aromatic carbocycles. The summed E-state index contributed by atoms with van der Waals surface area (Å²) >= 11 is 0. The number of hydrogen-bond acceptors (Lipinski definition) is 2. The van der Waals surface area contributed by atoms with Crippen LogP contribution in [0.25, 0.3) is 11.3 Å². The summed E-state index contributed by atoms with van der Waals surface area (Å²) in [7, 11) is 0. The first-order chi connectivity index (χ1) is 8.25. The molecule has 2 heterocycles. The van der Waals surface area contributed by atoms with Crippen LogP contribution in [-0.2, 0) is 13.0 Å². The monoisotopic (exact) mass is 228 g/mol. The third-order valence-electron chi connectivity index (χ3n) is 3.46. The van der Waals surface area contributed by atoms with Crippen LogP contribution in [0.4, 0.5) is 0 Å². The Bertz CT molecular complexity index is 545. The van der Waals surface area contributed by atoms with E-state index in [0.29, 0.717) is 6.42 Å². The molecule has 0 aliphatic carbocycles. The van der Waals surface area contributed by atoms with E-state index in [2.05, 4.69) is 40.7 Å². The SMILES string of the molecule is Cc1ccccc1-c1cnc2n1CCC(O)C2. The van der Waals surface area contributed by atoms with Crippen molar-refractivity contribution < 1.29 is 5.11 Å². The van der Waals surface area contributed by atoms with E-state index in [4.69, 9.17) is 0 Å². The highest BCUT2D eigenvalue weighted by molar-refractivity contribution is 5.63. The van der Waals surface area contributed by atoms with Gasteiger partial charge in [-0.2, -0.15) is 0 Å². The van der Waals surface area contributed by atoms with Gasteiger partial charge in [-0.25, -0.2) is 4.98 Å². The number of aryl methyl sites for hydroxylation is 1. The smallest absolute Gasteiger partial charge is 0.111 e. The van der Waals surface area contributed by atoms with Crippen molar-refractivity contribution in [1.29, 1.82) is 0 Å². The fraction of sp³-hybridized carbons (Fsp3) is 0.357. The van der Waals surface area contributed by atoms with Gasteiger partial charge in [-0.05, 0) is 18.9 Å². The Morgan fingerprint density at radius 1 is 1.35 bits per heavy atom. The van der Waals surface area contributed by atoms with Crippen LogP contribution in [0.15, 0.2) is 30.5 Å². The van der Waals surface area contributed by atoms with Crippen molar-refractivity contribution in [3.8, 4) is 11.3 Å². The topological polar surface area (TPSA) is 38.0 Å². The lowest BCUT2D eigenvalue weighted by Gasteiger charge is -2.21. The standard InChI is InChI=1S/C14H16N2O/c1-10-4-2-3-5-12(10)13-9-15-14-8-11(17)6-7-16(13)14/h2-5,9,11,17H,6-8H2,1H3. The first-order valence-electron chi connectivity index (χ1n) is 6.04. The number of rotatable bonds is 1. The minimum Gasteiger partial charge on any atom is -0.393 e. The van der Waals surface area contributed by atoms with Gasteiger partial charge in [0.25, 0.3) is 0 Å². The molecule has 1 unspecified atom stereocenters. The van der Waals surface area contributed by atoms with E-state index >= 15 is 0 Å². The quantitative estimate of drug-likeness (QED) is 0.812. The molecule has 1 aliphatic rings. The summed E-state index contributed by atoms with van der Waals surface area (Å²) in [5.41, 5.74) is 3.67. The zero-order valence-electron chi connectivity index (χ0n) is 9.93. The van der Waals surface area contributed by atoms with Crippen molar-refractivity contribution in [2.24, 2.45) is 0 Å². The van der Waals surface area contributed by atoms with E-state index in [-0.39, 0.29) is 6.10 Å². The molecule has 1 aromatic heterocycles. The van der Waals surface area contributed by atoms with Crippen LogP contribution in [0, 0.1) is 6.92 Å². The molecule has 3 heteroatoms. The van der Waals surface area contributed by atoms with Gasteiger partial charge in [-0.1, -0.05) is 24.3 Å². The Morgan fingerprint density at radius 2 is 2.18 bits per heavy atom. The van der Waals surface area contributed by atoms with Crippen LogP contribution in [0.3, 0.4) is 0 Å². The molecule has 1 N–H and O–H groups in total. The summed E-state index contributed by atoms with van der Waals surface area (Å²) in [5, 5.41) is 9.64. The minimum absolute atomic E-state index is 0.227. The van der Waals surface area contributed by atoms with Gasteiger partial charge in [0, 0.05) is 18.5 Å². The zero-order valence-corrected chi connectivity index (χ0v) is 9.93. The number of fused-ring (bicyclic) bond motifs is 1. The van der Waals surface area contributed by atoms with Crippen LogP contribution in [0.5, 0.6) is 0 Å². The summed E-state index contributed by atoms with van der Waals surface area (Å²) in [6, 6.07) is 8.35. The number of benzene rings is 1. The highest BCUT2D eigenvalue weighted by Crippen LogP contribution is 2.27. The summed E-state index contributed by atoms with van der Waals surface area (Å²) in [6.07, 6.45) is 3.19. The number of aliphatic hydroxyl groups excluding tert-OH is 1. The van der Waals surface area contributed by atoms with Gasteiger partial charge in [0.15, 0.2) is 0 Å². The molecular weight excluding hydrogens is 212 g/mol. The van der Waals surface area contributed by atoms with Gasteiger partial charge in [0.2, 0.25) is 0 Å². The first kappa shape index (κ1) is 10.5. The van der Waals surface area contributed by atoms with Crippen LogP contribution in [-0.4, -0.2) is 20.8 Å². The molecule has 0 bridgehead atoms. The maximum absolute atomic E-state index is 9.64. The fourth-order valence-corrected chi connectivity index (χ4v) is 2.49. The van der Waals surface area contributed by atoms with Crippen molar-refractivity contribution >= 4 is 0 Å². The summed E-state index contributed by atoms with van der Waals surface area (Å²) < 4.78 is 2.23. The second kappa shape index (κ2) is 4.00. The summed E-state index contributed by atoms with van der Waals surface area (Å²) in [6.45, 7) is 2.98. The van der Waals surface area contributed by atoms with Crippen molar-refractivity contribution in [2.75, 3.05) is 0 Å². The van der Waals surface area contributed by atoms with Crippen molar-refractivity contribution in [2.45, 2.75) is 32.4 Å². The fourth-order valence-electron chi connectivity index (χ4n) is 2.49. The third-order valence-corrected chi connectivity index (χ3v) is 3.46. The molecule has 0 saturated heterocycles. The second-order valence-corrected chi connectivity index (χ2v) is 4.67. The van der Waals surface area contributed by atoms with Gasteiger partial charge in [0.05, 0.1) is 18.0 Å². The first-order valence-corrected chi connectivity index (χ1v) is 6.04. The number of hydrogen-bond donors (Lipinski definition) is 1. The molecule has 3 nitrogen and oxygen atoms in total. The van der Waals surface area contributed by atoms with Gasteiger partial charge in [0.1, 0.15) is 5.82 Å². The Kier molecular flexibility index (Phi) is 2.48. The van der Waals surface area contributed by atoms with E-state index in [1.807, 2.05) is 6.20 Å². The Labute approximate surface area is 101 Å². The van der Waals surface area contributed by atoms with Gasteiger partial charge in [-0.3, -0.25) is 0 Å². The molecule has 1 atom stereocenters. The normalized spacial score (nSPS) is 19.1. The second-order valence-electron chi connectivity index (χ2n) is 4.67. The third kappa shape index (κ3) is 1.76. The van der Waals surface area contributed by atoms with E-state index in [0.717, 1.165) is 18.8 Å². The molecule has 0 amide bonds. The van der Waals surface area contributed by atoms with Crippen LogP contribution >= 0.6 is 0 Å². The zero-order chi connectivity index (χ0) is 11.8. The number of imidazole rings is 1. The lowest BCUT2D eigenvalue weighted by molar-refractivity contribution is 0.142. The molecule has 17 heavy (non-hydrogen) atoms. The molecule has 88 valence electrons. The average molecular weight is 228 g/mol. The van der Waals surface area contributed by atoms with Gasteiger partial charge >= 0.3 is 0 Å². The van der Waals surface area contributed by atoms with Crippen molar-refractivity contribution in [3.05, 3.63) is 41.9 Å². The Hall–Kier alpha value is -1.61. The van der Waals surface area contributed by atoms with Crippen LogP contribution in [0.2, 0.25) is 0 Å². The van der Waals surface area contributed by atoms with E-state index in [1.165, 1.54) is 16.8 Å². The van der Waals surface area contributed by atoms with Crippen LogP contribution < -0.4 is 0 Å². The maximum Gasteiger partial charge on any atom is 0.111 e. The summed E-state index contributed by atoms with van der Waals surface area (Å²) in [5.74, 6) is 1.00. The molecule has 0 spiro atoms. The molecule has 2 aromatic rings. The Morgan fingerprint density at radius 3 is 3.00 bits per heavy atom. The average Bonchev–Trinajstić information content (AvgIpc) is 2.72. The molecule has 1 aliphatic heterocycles. The van der Waals surface area contributed by atoms with Crippen LogP contribution in [0.1, 0.15) is 17.8 Å². The minimum atomic E-state index is -0.227. The molecular formula is C14H16N2O. The number of aromatic nitrogens is 2. The summed E-state index contributed by atoms with van der Waals surface area (Å²) in [4.78, 5) is 4.43. The molecule has 3 rings (SSSR count). The predicted molar refractivity (Wildman–Crippen MR) is 66.7 cm³/mol. The lowest BCUT2D eigenvalue weighted by atomic mass is 10.0. The predicted octanol–water partition coefficient (Wildman–Crippen LogP) is 2.17. The number of nitrogens with zero attached hydrogens (tertiary/aromatic N) is 2. The molecule has 0 saturated carbocycles. The highest BCUT2D eigenvalue weighted by atomic mass is 16.3.